The van der Waals surface area contributed by atoms with Crippen LogP contribution in [0.1, 0.15) is 6.42 Å². The minimum Gasteiger partial charge on any atom is -0.485 e. The maximum Gasteiger partial charge on any atom is 0.146 e. The van der Waals surface area contributed by atoms with E-state index < -0.39 is 0 Å². The van der Waals surface area contributed by atoms with E-state index in [-0.39, 0.29) is 17.6 Å². The molecule has 0 bridgehead atoms. The molecule has 1 aromatic heterocycles. The Balaban J connectivity index is 1.87. The van der Waals surface area contributed by atoms with Gasteiger partial charge in [0.05, 0.1) is 5.38 Å². The number of aromatic nitrogens is 1. The molecule has 0 spiro atoms. The maximum atomic E-state index is 6.07. The van der Waals surface area contributed by atoms with Crippen molar-refractivity contribution in [3.8, 4) is 5.75 Å². The summed E-state index contributed by atoms with van der Waals surface area (Å²) in [5.74, 6) is 0.795. The SMILES string of the molecule is COC1C(Cl)CC1Oc1cccc2cccnc12. The van der Waals surface area contributed by atoms with E-state index in [1.54, 1.807) is 13.3 Å². The van der Waals surface area contributed by atoms with E-state index in [9.17, 15) is 0 Å². The van der Waals surface area contributed by atoms with E-state index in [1.165, 1.54) is 0 Å². The summed E-state index contributed by atoms with van der Waals surface area (Å²) >= 11 is 6.07. The van der Waals surface area contributed by atoms with Crippen LogP contribution in [0.2, 0.25) is 0 Å². The summed E-state index contributed by atoms with van der Waals surface area (Å²) in [6, 6.07) is 9.87. The molecular formula is C14H14ClNO2. The van der Waals surface area contributed by atoms with Crippen LogP contribution in [0.15, 0.2) is 36.5 Å². The smallest absolute Gasteiger partial charge is 0.146 e. The lowest BCUT2D eigenvalue weighted by Gasteiger charge is -2.39. The molecular weight excluding hydrogens is 250 g/mol. The van der Waals surface area contributed by atoms with Crippen LogP contribution in [0.5, 0.6) is 5.75 Å². The van der Waals surface area contributed by atoms with Crippen LogP contribution in [-0.2, 0) is 4.74 Å². The van der Waals surface area contributed by atoms with E-state index >= 15 is 0 Å². The number of para-hydroxylation sites is 1. The second-order valence-electron chi connectivity index (χ2n) is 4.44. The Morgan fingerprint density at radius 3 is 2.89 bits per heavy atom. The first-order valence-electron chi connectivity index (χ1n) is 5.97. The fourth-order valence-electron chi connectivity index (χ4n) is 2.28. The van der Waals surface area contributed by atoms with Gasteiger partial charge in [-0.25, -0.2) is 0 Å². The van der Waals surface area contributed by atoms with Crippen molar-refractivity contribution in [1.82, 2.24) is 4.98 Å². The van der Waals surface area contributed by atoms with Crippen LogP contribution < -0.4 is 4.74 Å². The Kier molecular flexibility index (Phi) is 3.10. The van der Waals surface area contributed by atoms with Gasteiger partial charge >= 0.3 is 0 Å². The van der Waals surface area contributed by atoms with Crippen LogP contribution in [0.3, 0.4) is 0 Å². The standard InChI is InChI=1S/C14H14ClNO2/c1-17-14-10(15)8-12(14)18-11-6-2-4-9-5-3-7-16-13(9)11/h2-7,10,12,14H,8H2,1H3. The van der Waals surface area contributed by atoms with Gasteiger partial charge in [0.2, 0.25) is 0 Å². The van der Waals surface area contributed by atoms with E-state index in [4.69, 9.17) is 21.1 Å². The molecule has 3 rings (SSSR count). The van der Waals surface area contributed by atoms with Gasteiger partial charge in [0, 0.05) is 25.1 Å². The molecule has 2 aromatic rings. The average Bonchev–Trinajstić information content (AvgIpc) is 2.39. The van der Waals surface area contributed by atoms with Gasteiger partial charge in [0.25, 0.3) is 0 Å². The normalized spacial score (nSPS) is 26.9. The molecule has 0 N–H and O–H groups in total. The Labute approximate surface area is 111 Å². The first kappa shape index (κ1) is 11.8. The third kappa shape index (κ3) is 1.93. The average molecular weight is 264 g/mol. The molecule has 94 valence electrons. The van der Waals surface area contributed by atoms with Crippen molar-refractivity contribution in [3.63, 3.8) is 0 Å². The molecule has 3 atom stereocenters. The number of nitrogens with zero attached hydrogens (tertiary/aromatic N) is 1. The van der Waals surface area contributed by atoms with Gasteiger partial charge in [-0.3, -0.25) is 4.98 Å². The minimum absolute atomic E-state index is 0.0186. The Hall–Kier alpha value is -1.32. The number of alkyl halides is 1. The molecule has 0 amide bonds. The van der Waals surface area contributed by atoms with Crippen molar-refractivity contribution < 1.29 is 9.47 Å². The predicted molar refractivity (Wildman–Crippen MR) is 71.2 cm³/mol. The molecule has 18 heavy (non-hydrogen) atoms. The molecule has 1 saturated carbocycles. The van der Waals surface area contributed by atoms with E-state index in [0.29, 0.717) is 0 Å². The second kappa shape index (κ2) is 4.75. The lowest BCUT2D eigenvalue weighted by Crippen LogP contribution is -2.52. The molecule has 3 unspecified atom stereocenters. The van der Waals surface area contributed by atoms with Crippen molar-refractivity contribution in [1.29, 1.82) is 0 Å². The van der Waals surface area contributed by atoms with E-state index in [1.807, 2.05) is 30.3 Å². The number of hydrogen-bond donors (Lipinski definition) is 0. The Bertz CT molecular complexity index is 555. The van der Waals surface area contributed by atoms with Gasteiger partial charge in [-0.15, -0.1) is 11.6 Å². The number of hydrogen-bond acceptors (Lipinski definition) is 3. The van der Waals surface area contributed by atoms with Gasteiger partial charge in [0.15, 0.2) is 0 Å². The first-order chi connectivity index (χ1) is 8.79. The van der Waals surface area contributed by atoms with Crippen LogP contribution in [-0.4, -0.2) is 29.7 Å². The zero-order valence-electron chi connectivity index (χ0n) is 10.0. The first-order valence-corrected chi connectivity index (χ1v) is 6.40. The highest BCUT2D eigenvalue weighted by Gasteiger charge is 2.42. The molecule has 1 fully saturated rings. The van der Waals surface area contributed by atoms with Gasteiger partial charge in [-0.2, -0.15) is 0 Å². The number of halogens is 1. The van der Waals surface area contributed by atoms with Crippen molar-refractivity contribution in [2.24, 2.45) is 0 Å². The third-order valence-electron chi connectivity index (χ3n) is 3.33. The summed E-state index contributed by atoms with van der Waals surface area (Å²) < 4.78 is 11.3. The van der Waals surface area contributed by atoms with Crippen molar-refractivity contribution in [3.05, 3.63) is 36.5 Å². The number of fused-ring (bicyclic) bond motifs is 1. The Morgan fingerprint density at radius 2 is 2.11 bits per heavy atom. The highest BCUT2D eigenvalue weighted by atomic mass is 35.5. The largest absolute Gasteiger partial charge is 0.485 e. The van der Waals surface area contributed by atoms with E-state index in [2.05, 4.69) is 4.98 Å². The van der Waals surface area contributed by atoms with Crippen LogP contribution in [0.4, 0.5) is 0 Å². The quantitative estimate of drug-likeness (QED) is 0.798. The molecule has 1 aromatic carbocycles. The lowest BCUT2D eigenvalue weighted by molar-refractivity contribution is -0.0578. The molecule has 0 radical (unpaired) electrons. The van der Waals surface area contributed by atoms with Crippen LogP contribution >= 0.6 is 11.6 Å². The van der Waals surface area contributed by atoms with Gasteiger partial charge in [-0.05, 0) is 12.1 Å². The summed E-state index contributed by atoms with van der Waals surface area (Å²) in [6.45, 7) is 0. The fraction of sp³-hybridized carbons (Fsp3) is 0.357. The minimum atomic E-state index is -0.0364. The molecule has 1 heterocycles. The van der Waals surface area contributed by atoms with Gasteiger partial charge in [0.1, 0.15) is 23.5 Å². The zero-order chi connectivity index (χ0) is 12.5. The highest BCUT2D eigenvalue weighted by Crippen LogP contribution is 2.34. The van der Waals surface area contributed by atoms with E-state index in [0.717, 1.165) is 23.1 Å². The maximum absolute atomic E-state index is 6.07. The van der Waals surface area contributed by atoms with Crippen molar-refractivity contribution in [2.75, 3.05) is 7.11 Å². The summed E-state index contributed by atoms with van der Waals surface area (Å²) in [4.78, 5) is 4.36. The fourth-order valence-corrected chi connectivity index (χ4v) is 2.72. The zero-order valence-corrected chi connectivity index (χ0v) is 10.8. The molecule has 3 nitrogen and oxygen atoms in total. The summed E-state index contributed by atoms with van der Waals surface area (Å²) in [6.07, 6.45) is 2.56. The van der Waals surface area contributed by atoms with Crippen molar-refractivity contribution in [2.45, 2.75) is 24.0 Å². The lowest BCUT2D eigenvalue weighted by atomic mass is 9.91. The number of methoxy groups -OCH3 is 1. The monoisotopic (exact) mass is 263 g/mol. The number of benzene rings is 1. The second-order valence-corrected chi connectivity index (χ2v) is 5.00. The number of pyridine rings is 1. The third-order valence-corrected chi connectivity index (χ3v) is 3.75. The van der Waals surface area contributed by atoms with Crippen molar-refractivity contribution >= 4 is 22.5 Å². The molecule has 1 aliphatic rings. The van der Waals surface area contributed by atoms with Crippen LogP contribution in [0.25, 0.3) is 10.9 Å². The highest BCUT2D eigenvalue weighted by molar-refractivity contribution is 6.21. The van der Waals surface area contributed by atoms with Crippen LogP contribution in [0, 0.1) is 0 Å². The summed E-state index contributed by atoms with van der Waals surface area (Å²) in [7, 11) is 1.66. The number of ether oxygens (including phenoxy) is 2. The molecule has 0 aliphatic heterocycles. The summed E-state index contributed by atoms with van der Waals surface area (Å²) in [5, 5.41) is 1.12. The van der Waals surface area contributed by atoms with Gasteiger partial charge in [-0.1, -0.05) is 18.2 Å². The van der Waals surface area contributed by atoms with Gasteiger partial charge < -0.3 is 9.47 Å². The molecule has 0 saturated heterocycles. The molecule has 1 aliphatic carbocycles. The predicted octanol–water partition coefficient (Wildman–Crippen LogP) is 3.01. The summed E-state index contributed by atoms with van der Waals surface area (Å²) in [5.41, 5.74) is 0.882. The molecule has 4 heteroatoms. The topological polar surface area (TPSA) is 31.4 Å². The number of rotatable bonds is 3. The Morgan fingerprint density at radius 1 is 1.28 bits per heavy atom.